The Morgan fingerprint density at radius 1 is 1.60 bits per heavy atom. The Bertz CT molecular complexity index is 21.6. The van der Waals surface area contributed by atoms with Gasteiger partial charge in [-0.3, -0.25) is 0 Å². The lowest BCUT2D eigenvalue weighted by Gasteiger charge is -1.84. The lowest BCUT2D eigenvalue weighted by Crippen LogP contribution is -1.89. The second-order valence-corrected chi connectivity index (χ2v) is 8.26. The highest BCUT2D eigenvalue weighted by Crippen LogP contribution is 2.03. The maximum atomic E-state index is 3.35. The first-order valence-corrected chi connectivity index (χ1v) is 5.61. The van der Waals surface area contributed by atoms with E-state index in [9.17, 15) is 0 Å². The first-order chi connectivity index (χ1) is 2.27. The van der Waals surface area contributed by atoms with E-state index < -0.39 is 0 Å². The topological polar surface area (TPSA) is 0 Å². The van der Waals surface area contributed by atoms with Crippen molar-refractivity contribution in [2.45, 2.75) is 9.91 Å². The molecule has 0 aromatic heterocycles. The zero-order valence-corrected chi connectivity index (χ0v) is 7.63. The molecule has 0 amide bonds. The van der Waals surface area contributed by atoms with Crippen LogP contribution >= 0.6 is 31.9 Å². The van der Waals surface area contributed by atoms with E-state index in [2.05, 4.69) is 38.4 Å². The van der Waals surface area contributed by atoms with E-state index in [1.165, 1.54) is 0 Å². The summed E-state index contributed by atoms with van der Waals surface area (Å²) in [6.07, 6.45) is 0. The highest BCUT2D eigenvalue weighted by atomic mass is 79.9. The van der Waals surface area contributed by atoms with Crippen LogP contribution < -0.4 is 0 Å². The number of hydrogen-bond donors (Lipinski definition) is 0. The van der Waals surface area contributed by atoms with E-state index in [0.717, 1.165) is 0 Å². The first-order valence-electron chi connectivity index (χ1n) is 1.55. The SMILES string of the molecule is C[SiH2]C(Br)Br. The summed E-state index contributed by atoms with van der Waals surface area (Å²) in [5, 5.41) is 0. The van der Waals surface area contributed by atoms with Crippen LogP contribution in [0.5, 0.6) is 0 Å². The van der Waals surface area contributed by atoms with E-state index in [-0.39, 0.29) is 9.52 Å². The molecule has 0 aliphatic heterocycles. The molecule has 0 heterocycles. The van der Waals surface area contributed by atoms with Gasteiger partial charge in [-0.25, -0.2) is 0 Å². The van der Waals surface area contributed by atoms with Crippen molar-refractivity contribution in [3.63, 3.8) is 0 Å². The summed E-state index contributed by atoms with van der Waals surface area (Å²) < 4.78 is 0.648. The Morgan fingerprint density at radius 3 is 1.80 bits per heavy atom. The third-order valence-electron chi connectivity index (χ3n) is 0.309. The van der Waals surface area contributed by atoms with Crippen molar-refractivity contribution in [1.82, 2.24) is 0 Å². The second kappa shape index (κ2) is 3.37. The lowest BCUT2D eigenvalue weighted by molar-refractivity contribution is 2.01. The van der Waals surface area contributed by atoms with E-state index in [0.29, 0.717) is 3.36 Å². The van der Waals surface area contributed by atoms with Gasteiger partial charge in [0.1, 0.15) is 0 Å². The zero-order chi connectivity index (χ0) is 4.28. The lowest BCUT2D eigenvalue weighted by atomic mass is 11.9. The second-order valence-electron chi connectivity index (χ2n) is 0.799. The van der Waals surface area contributed by atoms with E-state index in [1.54, 1.807) is 0 Å². The first kappa shape index (κ1) is 6.18. The molecule has 0 radical (unpaired) electrons. The van der Waals surface area contributed by atoms with Crippen LogP contribution in [-0.2, 0) is 0 Å². The largest absolute Gasteiger partial charge is 0.0810 e. The Hall–Kier alpha value is 1.18. The van der Waals surface area contributed by atoms with Crippen molar-refractivity contribution in [2.24, 2.45) is 0 Å². The molecule has 0 saturated carbocycles. The molecule has 0 bridgehead atoms. The molecule has 0 rings (SSSR count). The van der Waals surface area contributed by atoms with Crippen molar-refractivity contribution in [3.05, 3.63) is 0 Å². The quantitative estimate of drug-likeness (QED) is 0.459. The summed E-state index contributed by atoms with van der Waals surface area (Å²) in [5.74, 6) is 0. The minimum atomic E-state index is 0.182. The fourth-order valence-corrected chi connectivity index (χ4v) is 0. The Morgan fingerprint density at radius 2 is 1.80 bits per heavy atom. The number of rotatable bonds is 1. The molecule has 0 aromatic rings. The highest BCUT2D eigenvalue weighted by Gasteiger charge is 1.86. The van der Waals surface area contributed by atoms with Crippen LogP contribution in [0.1, 0.15) is 0 Å². The van der Waals surface area contributed by atoms with Crippen molar-refractivity contribution in [2.75, 3.05) is 0 Å². The third kappa shape index (κ3) is 5.18. The van der Waals surface area contributed by atoms with Crippen LogP contribution in [0, 0.1) is 0 Å². The molecule has 5 heavy (non-hydrogen) atoms. The number of halogens is 2. The predicted molar refractivity (Wildman–Crippen MR) is 36.1 cm³/mol. The van der Waals surface area contributed by atoms with Gasteiger partial charge in [-0.15, -0.1) is 0 Å². The molecule has 32 valence electrons. The van der Waals surface area contributed by atoms with E-state index >= 15 is 0 Å². The van der Waals surface area contributed by atoms with Crippen LogP contribution in [0.2, 0.25) is 6.55 Å². The third-order valence-corrected chi connectivity index (χ3v) is 4.81. The molecular formula is C2H6Br2Si. The number of hydrogen-bond acceptors (Lipinski definition) is 0. The summed E-state index contributed by atoms with van der Waals surface area (Å²) in [6.45, 7) is 2.24. The molecule has 0 fully saturated rings. The molecule has 0 N–H and O–H groups in total. The van der Waals surface area contributed by atoms with Crippen LogP contribution in [0.4, 0.5) is 0 Å². The van der Waals surface area contributed by atoms with Crippen molar-refractivity contribution in [3.8, 4) is 0 Å². The Labute approximate surface area is 51.4 Å². The normalized spacial score (nSPS) is 12.0. The van der Waals surface area contributed by atoms with Gasteiger partial charge in [0.2, 0.25) is 0 Å². The summed E-state index contributed by atoms with van der Waals surface area (Å²) >= 11 is 6.70. The van der Waals surface area contributed by atoms with Gasteiger partial charge in [0.25, 0.3) is 0 Å². The highest BCUT2D eigenvalue weighted by molar-refractivity contribution is 9.25. The van der Waals surface area contributed by atoms with Gasteiger partial charge in [0.15, 0.2) is 0 Å². The molecule has 3 heteroatoms. The molecule has 0 nitrogen and oxygen atoms in total. The molecule has 0 atom stereocenters. The smallest absolute Gasteiger partial charge is 0.0549 e. The van der Waals surface area contributed by atoms with E-state index in [4.69, 9.17) is 0 Å². The minimum Gasteiger partial charge on any atom is -0.0810 e. The van der Waals surface area contributed by atoms with E-state index in [1.807, 2.05) is 0 Å². The molecular weight excluding hydrogens is 212 g/mol. The van der Waals surface area contributed by atoms with Crippen molar-refractivity contribution in [1.29, 1.82) is 0 Å². The number of alkyl halides is 2. The average molecular weight is 218 g/mol. The fourth-order valence-electron chi connectivity index (χ4n) is 0. The molecule has 0 spiro atoms. The van der Waals surface area contributed by atoms with Crippen LogP contribution in [-0.4, -0.2) is 12.9 Å². The van der Waals surface area contributed by atoms with Gasteiger partial charge in [-0.05, 0) is 0 Å². The Kier molecular flexibility index (Phi) is 4.16. The standard InChI is InChI=1S/C2H6Br2Si/c1-5-2(3)4/h2H,5H2,1H3. The van der Waals surface area contributed by atoms with Crippen LogP contribution in [0.15, 0.2) is 0 Å². The van der Waals surface area contributed by atoms with Gasteiger partial charge in [-0.1, -0.05) is 38.4 Å². The summed E-state index contributed by atoms with van der Waals surface area (Å²) in [7, 11) is 0.182. The summed E-state index contributed by atoms with van der Waals surface area (Å²) in [6, 6.07) is 0. The zero-order valence-electron chi connectivity index (χ0n) is 3.04. The summed E-state index contributed by atoms with van der Waals surface area (Å²) in [4.78, 5) is 0. The van der Waals surface area contributed by atoms with Crippen molar-refractivity contribution < 1.29 is 0 Å². The minimum absolute atomic E-state index is 0.182. The molecule has 0 unspecified atom stereocenters. The molecule has 0 aliphatic rings. The molecule has 0 saturated heterocycles. The molecule has 0 aliphatic carbocycles. The predicted octanol–water partition coefficient (Wildman–Crippen LogP) is 1.28. The Balaban J connectivity index is 2.54. The monoisotopic (exact) mass is 216 g/mol. The maximum absolute atomic E-state index is 3.35. The van der Waals surface area contributed by atoms with Gasteiger partial charge < -0.3 is 0 Å². The van der Waals surface area contributed by atoms with Gasteiger partial charge in [0, 0.05) is 9.52 Å². The summed E-state index contributed by atoms with van der Waals surface area (Å²) in [5.41, 5.74) is 0. The van der Waals surface area contributed by atoms with Crippen molar-refractivity contribution >= 4 is 41.4 Å². The fraction of sp³-hybridized carbons (Fsp3) is 1.00. The van der Waals surface area contributed by atoms with Crippen LogP contribution in [0.25, 0.3) is 0 Å². The molecule has 0 aromatic carbocycles. The van der Waals surface area contributed by atoms with Gasteiger partial charge in [-0.2, -0.15) is 0 Å². The van der Waals surface area contributed by atoms with Gasteiger partial charge in [0.05, 0.1) is 3.36 Å². The van der Waals surface area contributed by atoms with Crippen LogP contribution in [0.3, 0.4) is 0 Å². The average Bonchev–Trinajstić information content (AvgIpc) is 1.38. The van der Waals surface area contributed by atoms with Gasteiger partial charge >= 0.3 is 0 Å². The maximum Gasteiger partial charge on any atom is 0.0549 e.